The van der Waals surface area contributed by atoms with Crippen LogP contribution < -0.4 is 5.43 Å². The fourth-order valence-electron chi connectivity index (χ4n) is 1.11. The Bertz CT molecular complexity index is 299. The summed E-state index contributed by atoms with van der Waals surface area (Å²) in [5.41, 5.74) is 6.62. The summed E-state index contributed by atoms with van der Waals surface area (Å²) in [6.45, 7) is 6.84. The molecule has 0 fully saturated rings. The van der Waals surface area contributed by atoms with Gasteiger partial charge in [0.25, 0.3) is 0 Å². The molecule has 1 aromatic carbocycles. The lowest BCUT2D eigenvalue weighted by Gasteiger charge is -2.02. The van der Waals surface area contributed by atoms with Crippen LogP contribution in [-0.2, 0) is 6.54 Å². The highest BCUT2D eigenvalue weighted by molar-refractivity contribution is 5.78. The molecular formula is C11H16N2. The molecule has 0 saturated carbocycles. The molecule has 70 valence electrons. The molecule has 0 aliphatic heterocycles. The summed E-state index contributed by atoms with van der Waals surface area (Å²) in [5, 5.41) is 4.12. The van der Waals surface area contributed by atoms with Crippen LogP contribution in [-0.4, -0.2) is 5.71 Å². The summed E-state index contributed by atoms with van der Waals surface area (Å²) in [6, 6.07) is 8.42. The topological polar surface area (TPSA) is 24.4 Å². The SMILES string of the molecule is CC(C)=NNCc1cccc(C)c1. The normalized spacial score (nSPS) is 9.46. The molecule has 0 heterocycles. The third-order valence-corrected chi connectivity index (χ3v) is 1.67. The van der Waals surface area contributed by atoms with Gasteiger partial charge < -0.3 is 5.43 Å². The molecule has 0 aromatic heterocycles. The first-order valence-electron chi connectivity index (χ1n) is 4.48. The Morgan fingerprint density at radius 2 is 2.15 bits per heavy atom. The first-order chi connectivity index (χ1) is 6.18. The number of hydrazone groups is 1. The van der Waals surface area contributed by atoms with Crippen molar-refractivity contribution < 1.29 is 0 Å². The molecule has 1 N–H and O–H groups in total. The van der Waals surface area contributed by atoms with Gasteiger partial charge in [0.2, 0.25) is 0 Å². The summed E-state index contributed by atoms with van der Waals surface area (Å²) in [5.74, 6) is 0. The first-order valence-corrected chi connectivity index (χ1v) is 4.48. The van der Waals surface area contributed by atoms with Crippen molar-refractivity contribution in [2.75, 3.05) is 0 Å². The van der Waals surface area contributed by atoms with Gasteiger partial charge >= 0.3 is 0 Å². The van der Waals surface area contributed by atoms with Crippen LogP contribution in [0.1, 0.15) is 25.0 Å². The maximum atomic E-state index is 4.12. The highest BCUT2D eigenvalue weighted by Crippen LogP contribution is 2.02. The lowest BCUT2D eigenvalue weighted by Crippen LogP contribution is -2.06. The predicted octanol–water partition coefficient (Wildman–Crippen LogP) is 2.48. The molecule has 0 spiro atoms. The Morgan fingerprint density at radius 1 is 1.38 bits per heavy atom. The zero-order valence-corrected chi connectivity index (χ0v) is 8.46. The van der Waals surface area contributed by atoms with E-state index in [-0.39, 0.29) is 0 Å². The highest BCUT2D eigenvalue weighted by Gasteiger charge is 1.90. The van der Waals surface area contributed by atoms with E-state index in [1.807, 2.05) is 13.8 Å². The van der Waals surface area contributed by atoms with Crippen LogP contribution in [0.3, 0.4) is 0 Å². The van der Waals surface area contributed by atoms with Crippen LogP contribution in [0, 0.1) is 6.92 Å². The third kappa shape index (κ3) is 3.74. The van der Waals surface area contributed by atoms with Gasteiger partial charge in [-0.2, -0.15) is 5.10 Å². The van der Waals surface area contributed by atoms with E-state index in [0.29, 0.717) is 0 Å². The fraction of sp³-hybridized carbons (Fsp3) is 0.364. The number of benzene rings is 1. The van der Waals surface area contributed by atoms with E-state index in [2.05, 4.69) is 41.7 Å². The van der Waals surface area contributed by atoms with Gasteiger partial charge in [-0.05, 0) is 26.3 Å². The van der Waals surface area contributed by atoms with Crippen LogP contribution in [0.5, 0.6) is 0 Å². The molecule has 0 amide bonds. The van der Waals surface area contributed by atoms with Gasteiger partial charge in [-0.25, -0.2) is 0 Å². The standard InChI is InChI=1S/C11H16N2/c1-9(2)13-12-8-11-6-4-5-10(3)7-11/h4-7,12H,8H2,1-3H3. The van der Waals surface area contributed by atoms with Gasteiger partial charge in [0, 0.05) is 5.71 Å². The van der Waals surface area contributed by atoms with Crippen molar-refractivity contribution in [2.24, 2.45) is 5.10 Å². The van der Waals surface area contributed by atoms with Gasteiger partial charge in [0.1, 0.15) is 0 Å². The maximum Gasteiger partial charge on any atom is 0.0580 e. The van der Waals surface area contributed by atoms with Crippen molar-refractivity contribution in [3.63, 3.8) is 0 Å². The lowest BCUT2D eigenvalue weighted by molar-refractivity contribution is 0.742. The number of hydrogen-bond acceptors (Lipinski definition) is 2. The number of hydrogen-bond donors (Lipinski definition) is 1. The molecule has 0 saturated heterocycles. The summed E-state index contributed by atoms with van der Waals surface area (Å²) in [7, 11) is 0. The average molecular weight is 176 g/mol. The second kappa shape index (κ2) is 4.65. The van der Waals surface area contributed by atoms with Gasteiger partial charge in [-0.15, -0.1) is 0 Å². The van der Waals surface area contributed by atoms with Gasteiger partial charge in [0.15, 0.2) is 0 Å². The van der Waals surface area contributed by atoms with E-state index in [1.165, 1.54) is 11.1 Å². The van der Waals surface area contributed by atoms with Gasteiger partial charge in [-0.3, -0.25) is 0 Å². The van der Waals surface area contributed by atoms with E-state index in [0.717, 1.165) is 12.3 Å². The van der Waals surface area contributed by atoms with Crippen molar-refractivity contribution in [3.8, 4) is 0 Å². The minimum atomic E-state index is 0.798. The quantitative estimate of drug-likeness (QED) is 0.555. The summed E-state index contributed by atoms with van der Waals surface area (Å²) < 4.78 is 0. The second-order valence-corrected chi connectivity index (χ2v) is 3.38. The number of rotatable bonds is 3. The number of aryl methyl sites for hydroxylation is 1. The molecule has 0 radical (unpaired) electrons. The minimum absolute atomic E-state index is 0.798. The van der Waals surface area contributed by atoms with Crippen molar-refractivity contribution in [1.82, 2.24) is 5.43 Å². The molecule has 1 rings (SSSR count). The van der Waals surface area contributed by atoms with Crippen molar-refractivity contribution >= 4 is 5.71 Å². The fourth-order valence-corrected chi connectivity index (χ4v) is 1.11. The minimum Gasteiger partial charge on any atom is -0.306 e. The Labute approximate surface area is 79.7 Å². The van der Waals surface area contributed by atoms with Gasteiger partial charge in [0.05, 0.1) is 6.54 Å². The zero-order chi connectivity index (χ0) is 9.68. The molecule has 0 unspecified atom stereocenters. The average Bonchev–Trinajstić information content (AvgIpc) is 2.03. The molecule has 1 aromatic rings. The van der Waals surface area contributed by atoms with E-state index in [4.69, 9.17) is 0 Å². The lowest BCUT2D eigenvalue weighted by atomic mass is 10.1. The Hall–Kier alpha value is -1.31. The maximum absolute atomic E-state index is 4.12. The monoisotopic (exact) mass is 176 g/mol. The largest absolute Gasteiger partial charge is 0.306 e. The molecule has 0 bridgehead atoms. The molecule has 13 heavy (non-hydrogen) atoms. The zero-order valence-electron chi connectivity index (χ0n) is 8.46. The summed E-state index contributed by atoms with van der Waals surface area (Å²) in [6.07, 6.45) is 0. The van der Waals surface area contributed by atoms with Gasteiger partial charge in [-0.1, -0.05) is 29.8 Å². The number of nitrogens with zero attached hydrogens (tertiary/aromatic N) is 1. The van der Waals surface area contributed by atoms with Crippen LogP contribution in [0.25, 0.3) is 0 Å². The van der Waals surface area contributed by atoms with E-state index >= 15 is 0 Å². The molecule has 0 aliphatic rings. The third-order valence-electron chi connectivity index (χ3n) is 1.67. The number of nitrogens with one attached hydrogen (secondary N) is 1. The highest BCUT2D eigenvalue weighted by atomic mass is 15.3. The van der Waals surface area contributed by atoms with Crippen molar-refractivity contribution in [3.05, 3.63) is 35.4 Å². The van der Waals surface area contributed by atoms with Crippen LogP contribution in [0.2, 0.25) is 0 Å². The Morgan fingerprint density at radius 3 is 2.77 bits per heavy atom. The molecule has 2 nitrogen and oxygen atoms in total. The Kier molecular flexibility index (Phi) is 3.50. The first kappa shape index (κ1) is 9.78. The summed E-state index contributed by atoms with van der Waals surface area (Å²) >= 11 is 0. The van der Waals surface area contributed by atoms with Crippen LogP contribution >= 0.6 is 0 Å². The molecular weight excluding hydrogens is 160 g/mol. The molecule has 0 aliphatic carbocycles. The summed E-state index contributed by atoms with van der Waals surface area (Å²) in [4.78, 5) is 0. The van der Waals surface area contributed by atoms with Crippen LogP contribution in [0.15, 0.2) is 29.4 Å². The Balaban J connectivity index is 2.50. The van der Waals surface area contributed by atoms with Crippen molar-refractivity contribution in [2.45, 2.75) is 27.3 Å². The smallest absolute Gasteiger partial charge is 0.0580 e. The predicted molar refractivity (Wildman–Crippen MR) is 56.8 cm³/mol. The van der Waals surface area contributed by atoms with Crippen molar-refractivity contribution in [1.29, 1.82) is 0 Å². The van der Waals surface area contributed by atoms with Crippen LogP contribution in [0.4, 0.5) is 0 Å². The van der Waals surface area contributed by atoms with E-state index in [9.17, 15) is 0 Å². The molecule has 2 heteroatoms. The van der Waals surface area contributed by atoms with E-state index in [1.54, 1.807) is 0 Å². The molecule has 0 atom stereocenters. The second-order valence-electron chi connectivity index (χ2n) is 3.38. The van der Waals surface area contributed by atoms with E-state index < -0.39 is 0 Å².